The van der Waals surface area contributed by atoms with Gasteiger partial charge in [-0.15, -0.1) is 0 Å². The Morgan fingerprint density at radius 2 is 2.27 bits per heavy atom. The topological polar surface area (TPSA) is 46.3 Å². The molecule has 1 aliphatic rings. The van der Waals surface area contributed by atoms with Gasteiger partial charge in [0.15, 0.2) is 0 Å². The molecule has 0 fully saturated rings. The highest BCUT2D eigenvalue weighted by Crippen LogP contribution is 2.25. The van der Waals surface area contributed by atoms with Gasteiger partial charge in [-0.3, -0.25) is 4.79 Å². The molecule has 4 heteroatoms. The second-order valence-corrected chi connectivity index (χ2v) is 4.01. The van der Waals surface area contributed by atoms with Crippen LogP contribution in [0.3, 0.4) is 0 Å². The fourth-order valence-electron chi connectivity index (χ4n) is 1.90. The van der Waals surface area contributed by atoms with Gasteiger partial charge in [0, 0.05) is 19.6 Å². The van der Waals surface area contributed by atoms with E-state index in [-0.39, 0.29) is 5.91 Å². The molecular weight excluding hydrogens is 212 g/mol. The van der Waals surface area contributed by atoms with E-state index in [1.54, 1.807) is 11.0 Å². The van der Waals surface area contributed by atoms with Gasteiger partial charge in [-0.2, -0.15) is 0 Å². The van der Waals surface area contributed by atoms with Gasteiger partial charge in [0.25, 0.3) is 5.91 Å². The van der Waals surface area contributed by atoms with E-state index in [4.69, 9.17) is 17.3 Å². The Morgan fingerprint density at radius 3 is 3.00 bits per heavy atom. The minimum absolute atomic E-state index is 0.00676. The molecule has 0 unspecified atom stereocenters. The Kier molecular flexibility index (Phi) is 2.93. The van der Waals surface area contributed by atoms with Crippen LogP contribution in [0.2, 0.25) is 5.02 Å². The van der Waals surface area contributed by atoms with E-state index in [1.807, 2.05) is 12.1 Å². The van der Waals surface area contributed by atoms with Crippen molar-refractivity contribution in [2.45, 2.75) is 6.42 Å². The van der Waals surface area contributed by atoms with Gasteiger partial charge in [0.1, 0.15) is 0 Å². The summed E-state index contributed by atoms with van der Waals surface area (Å²) in [5.41, 5.74) is 7.15. The molecular formula is C11H13ClN2O. The van der Waals surface area contributed by atoms with Crippen LogP contribution < -0.4 is 5.73 Å². The summed E-state index contributed by atoms with van der Waals surface area (Å²) in [6.45, 7) is 1.83. The molecule has 0 aromatic heterocycles. The maximum absolute atomic E-state index is 12.0. The fraction of sp³-hybridized carbons (Fsp3) is 0.364. The van der Waals surface area contributed by atoms with Crippen molar-refractivity contribution < 1.29 is 4.79 Å². The van der Waals surface area contributed by atoms with Crippen LogP contribution in [0, 0.1) is 0 Å². The molecule has 1 aromatic carbocycles. The highest BCUT2D eigenvalue weighted by atomic mass is 35.5. The summed E-state index contributed by atoms with van der Waals surface area (Å²) in [5, 5.41) is 0.541. The van der Waals surface area contributed by atoms with E-state index in [0.717, 1.165) is 18.5 Å². The predicted molar refractivity (Wildman–Crippen MR) is 60.1 cm³/mol. The van der Waals surface area contributed by atoms with Crippen molar-refractivity contribution in [2.75, 3.05) is 19.6 Å². The Bertz CT molecular complexity index is 392. The van der Waals surface area contributed by atoms with Gasteiger partial charge in [-0.1, -0.05) is 23.7 Å². The second-order valence-electron chi connectivity index (χ2n) is 3.60. The SMILES string of the molecule is NCCN1CCc2cccc(Cl)c2C1=O. The number of carbonyl (C=O) groups excluding carboxylic acids is 1. The fourth-order valence-corrected chi connectivity index (χ4v) is 2.18. The first-order valence-electron chi connectivity index (χ1n) is 5.00. The Hall–Kier alpha value is -1.06. The summed E-state index contributed by atoms with van der Waals surface area (Å²) in [6, 6.07) is 5.59. The minimum atomic E-state index is 0.00676. The molecule has 2 rings (SSSR count). The average molecular weight is 225 g/mol. The molecule has 1 aliphatic heterocycles. The Labute approximate surface area is 93.8 Å². The molecule has 0 spiro atoms. The molecule has 0 saturated heterocycles. The van der Waals surface area contributed by atoms with Crippen molar-refractivity contribution in [3.05, 3.63) is 34.3 Å². The summed E-state index contributed by atoms with van der Waals surface area (Å²) in [7, 11) is 0. The normalized spacial score (nSPS) is 15.3. The van der Waals surface area contributed by atoms with Crippen molar-refractivity contribution in [1.29, 1.82) is 0 Å². The van der Waals surface area contributed by atoms with E-state index in [0.29, 0.717) is 23.7 Å². The third-order valence-corrected chi connectivity index (χ3v) is 2.97. The molecule has 0 bridgehead atoms. The first kappa shape index (κ1) is 10.5. The standard InChI is InChI=1S/C11H13ClN2O/c12-9-3-1-2-8-4-6-14(7-5-13)11(15)10(8)9/h1-3H,4-7,13H2. The summed E-state index contributed by atoms with van der Waals surface area (Å²) in [6.07, 6.45) is 0.863. The average Bonchev–Trinajstić information content (AvgIpc) is 2.22. The van der Waals surface area contributed by atoms with Crippen molar-refractivity contribution in [3.8, 4) is 0 Å². The van der Waals surface area contributed by atoms with E-state index in [1.165, 1.54) is 0 Å². The molecule has 1 aromatic rings. The quantitative estimate of drug-likeness (QED) is 0.823. The zero-order chi connectivity index (χ0) is 10.8. The van der Waals surface area contributed by atoms with Crippen LogP contribution in [0.1, 0.15) is 15.9 Å². The number of hydrogen-bond acceptors (Lipinski definition) is 2. The Morgan fingerprint density at radius 1 is 1.47 bits per heavy atom. The van der Waals surface area contributed by atoms with E-state index >= 15 is 0 Å². The molecule has 0 saturated carbocycles. The number of amides is 1. The number of nitrogens with zero attached hydrogens (tertiary/aromatic N) is 1. The van der Waals surface area contributed by atoms with Gasteiger partial charge >= 0.3 is 0 Å². The van der Waals surface area contributed by atoms with Gasteiger partial charge in [-0.25, -0.2) is 0 Å². The highest BCUT2D eigenvalue weighted by molar-refractivity contribution is 6.34. The lowest BCUT2D eigenvalue weighted by Crippen LogP contribution is -2.40. The van der Waals surface area contributed by atoms with Gasteiger partial charge in [-0.05, 0) is 18.1 Å². The molecule has 1 amide bonds. The number of halogens is 1. The zero-order valence-electron chi connectivity index (χ0n) is 8.37. The van der Waals surface area contributed by atoms with Crippen LogP contribution in [-0.4, -0.2) is 30.4 Å². The molecule has 0 atom stereocenters. The highest BCUT2D eigenvalue weighted by Gasteiger charge is 2.25. The Balaban J connectivity index is 2.36. The van der Waals surface area contributed by atoms with Gasteiger partial charge in [0.2, 0.25) is 0 Å². The lowest BCUT2D eigenvalue weighted by atomic mass is 9.99. The van der Waals surface area contributed by atoms with Gasteiger partial charge in [0.05, 0.1) is 10.6 Å². The predicted octanol–water partition coefficient (Wildman–Crippen LogP) is 1.30. The molecule has 80 valence electrons. The molecule has 0 radical (unpaired) electrons. The maximum Gasteiger partial charge on any atom is 0.255 e. The number of benzene rings is 1. The summed E-state index contributed by atoms with van der Waals surface area (Å²) >= 11 is 6.02. The molecule has 0 aliphatic carbocycles. The first-order chi connectivity index (χ1) is 7.24. The first-order valence-corrected chi connectivity index (χ1v) is 5.38. The third-order valence-electron chi connectivity index (χ3n) is 2.65. The van der Waals surface area contributed by atoms with E-state index < -0.39 is 0 Å². The third kappa shape index (κ3) is 1.85. The van der Waals surface area contributed by atoms with Crippen LogP contribution in [0.5, 0.6) is 0 Å². The van der Waals surface area contributed by atoms with E-state index in [2.05, 4.69) is 0 Å². The maximum atomic E-state index is 12.0. The van der Waals surface area contributed by atoms with Crippen molar-refractivity contribution in [1.82, 2.24) is 4.90 Å². The second kappa shape index (κ2) is 4.21. The molecule has 2 N–H and O–H groups in total. The van der Waals surface area contributed by atoms with Crippen LogP contribution in [0.25, 0.3) is 0 Å². The number of fused-ring (bicyclic) bond motifs is 1. The summed E-state index contributed by atoms with van der Waals surface area (Å²) < 4.78 is 0. The zero-order valence-corrected chi connectivity index (χ0v) is 9.13. The van der Waals surface area contributed by atoms with Crippen molar-refractivity contribution in [3.63, 3.8) is 0 Å². The lowest BCUT2D eigenvalue weighted by molar-refractivity contribution is 0.0745. The minimum Gasteiger partial charge on any atom is -0.337 e. The number of hydrogen-bond donors (Lipinski definition) is 1. The number of carbonyl (C=O) groups is 1. The van der Waals surface area contributed by atoms with Gasteiger partial charge < -0.3 is 10.6 Å². The summed E-state index contributed by atoms with van der Waals surface area (Å²) in [4.78, 5) is 13.8. The van der Waals surface area contributed by atoms with Crippen LogP contribution in [0.4, 0.5) is 0 Å². The van der Waals surface area contributed by atoms with Crippen molar-refractivity contribution >= 4 is 17.5 Å². The number of rotatable bonds is 2. The lowest BCUT2D eigenvalue weighted by Gasteiger charge is -2.28. The van der Waals surface area contributed by atoms with Crippen LogP contribution >= 0.6 is 11.6 Å². The number of nitrogens with two attached hydrogens (primary N) is 1. The largest absolute Gasteiger partial charge is 0.337 e. The smallest absolute Gasteiger partial charge is 0.255 e. The summed E-state index contributed by atoms with van der Waals surface area (Å²) in [5.74, 6) is 0.00676. The van der Waals surface area contributed by atoms with Crippen molar-refractivity contribution in [2.24, 2.45) is 5.73 Å². The monoisotopic (exact) mass is 224 g/mol. The van der Waals surface area contributed by atoms with E-state index in [9.17, 15) is 4.79 Å². The molecule has 1 heterocycles. The van der Waals surface area contributed by atoms with Crippen LogP contribution in [-0.2, 0) is 6.42 Å². The molecule has 3 nitrogen and oxygen atoms in total. The van der Waals surface area contributed by atoms with Crippen LogP contribution in [0.15, 0.2) is 18.2 Å². The molecule has 15 heavy (non-hydrogen) atoms.